The summed E-state index contributed by atoms with van der Waals surface area (Å²) >= 11 is 0. The molecule has 0 fully saturated rings. The summed E-state index contributed by atoms with van der Waals surface area (Å²) in [6, 6.07) is -0.311. The molecule has 96 valence electrons. The average Bonchev–Trinajstić information content (AvgIpc) is 2.31. The predicted octanol–water partition coefficient (Wildman–Crippen LogP) is 1.32. The largest absolute Gasteiger partial charge is 0.468 e. The summed E-state index contributed by atoms with van der Waals surface area (Å²) in [5.74, 6) is 0.0295. The van der Waals surface area contributed by atoms with Crippen molar-refractivity contribution in [1.29, 1.82) is 0 Å². The monoisotopic (exact) mass is 231 g/mol. The van der Waals surface area contributed by atoms with Crippen molar-refractivity contribution >= 4 is 5.97 Å². The number of esters is 1. The highest BCUT2D eigenvalue weighted by Crippen LogP contribution is 2.12. The fourth-order valence-electron chi connectivity index (χ4n) is 1.80. The number of aliphatic hydroxyl groups excluding tert-OH is 1. The minimum absolute atomic E-state index is 0.265. The number of carbonyl (C=O) groups excluding carboxylic acids is 1. The van der Waals surface area contributed by atoms with E-state index in [2.05, 4.69) is 23.9 Å². The molecule has 0 saturated carbocycles. The quantitative estimate of drug-likeness (QED) is 0.619. The fraction of sp³-hybridized carbons (Fsp3) is 0.917. The van der Waals surface area contributed by atoms with E-state index in [4.69, 9.17) is 0 Å². The molecule has 16 heavy (non-hydrogen) atoms. The first kappa shape index (κ1) is 15.4. The third-order valence-electron chi connectivity index (χ3n) is 3.06. The van der Waals surface area contributed by atoms with Gasteiger partial charge in [0.15, 0.2) is 0 Å². The molecule has 0 amide bonds. The van der Waals surface area contributed by atoms with Crippen LogP contribution in [-0.2, 0) is 9.53 Å². The molecule has 0 aromatic rings. The van der Waals surface area contributed by atoms with Gasteiger partial charge in [-0.15, -0.1) is 0 Å². The maximum absolute atomic E-state index is 11.3. The fourth-order valence-corrected chi connectivity index (χ4v) is 1.80. The Labute approximate surface area is 98.4 Å². The number of hydrogen-bond acceptors (Lipinski definition) is 4. The Morgan fingerprint density at radius 3 is 2.19 bits per heavy atom. The van der Waals surface area contributed by atoms with Crippen molar-refractivity contribution in [2.75, 3.05) is 13.7 Å². The number of ether oxygens (including phenoxy) is 1. The van der Waals surface area contributed by atoms with Crippen LogP contribution in [-0.4, -0.2) is 36.9 Å². The number of rotatable bonds is 8. The van der Waals surface area contributed by atoms with Crippen LogP contribution in [0.5, 0.6) is 0 Å². The van der Waals surface area contributed by atoms with Crippen LogP contribution in [0, 0.1) is 5.92 Å². The highest BCUT2D eigenvalue weighted by atomic mass is 16.5. The van der Waals surface area contributed by atoms with Crippen molar-refractivity contribution in [2.45, 2.75) is 52.2 Å². The van der Waals surface area contributed by atoms with Gasteiger partial charge in [-0.1, -0.05) is 33.6 Å². The topological polar surface area (TPSA) is 58.6 Å². The van der Waals surface area contributed by atoms with Gasteiger partial charge < -0.3 is 15.2 Å². The zero-order chi connectivity index (χ0) is 12.6. The molecule has 0 aromatic heterocycles. The Morgan fingerprint density at radius 2 is 1.81 bits per heavy atom. The second-order valence-electron chi connectivity index (χ2n) is 4.04. The van der Waals surface area contributed by atoms with Gasteiger partial charge in [0.25, 0.3) is 0 Å². The molecule has 0 aliphatic rings. The summed E-state index contributed by atoms with van der Waals surface area (Å²) < 4.78 is 4.67. The molecule has 0 heterocycles. The number of aliphatic hydroxyl groups is 1. The first-order valence-corrected chi connectivity index (χ1v) is 6.09. The number of nitrogens with one attached hydrogen (secondary N) is 1. The second kappa shape index (κ2) is 8.53. The molecule has 0 aliphatic heterocycles. The van der Waals surface area contributed by atoms with Gasteiger partial charge in [0.05, 0.1) is 13.2 Å². The molecule has 2 atom stereocenters. The van der Waals surface area contributed by atoms with Crippen molar-refractivity contribution < 1.29 is 14.6 Å². The predicted molar refractivity (Wildman–Crippen MR) is 64.2 cm³/mol. The summed E-state index contributed by atoms with van der Waals surface area (Å²) in [7, 11) is 1.38. The van der Waals surface area contributed by atoms with Gasteiger partial charge in [-0.2, -0.15) is 0 Å². The Morgan fingerprint density at radius 1 is 1.25 bits per heavy atom. The van der Waals surface area contributed by atoms with Crippen molar-refractivity contribution in [3.63, 3.8) is 0 Å². The summed E-state index contributed by atoms with van der Waals surface area (Å²) in [6.07, 6.45) is 2.18. The van der Waals surface area contributed by atoms with Crippen molar-refractivity contribution in [3.8, 4) is 0 Å². The van der Waals surface area contributed by atoms with Gasteiger partial charge in [0.2, 0.25) is 0 Å². The van der Waals surface area contributed by atoms with Gasteiger partial charge in [0.1, 0.15) is 6.04 Å². The SMILES string of the molecule is CCC(NCC(O)C(CC)CC)C(=O)OC. The minimum atomic E-state index is -0.395. The molecular formula is C12H25NO3. The highest BCUT2D eigenvalue weighted by Gasteiger charge is 2.20. The Kier molecular flexibility index (Phi) is 8.21. The van der Waals surface area contributed by atoms with Crippen LogP contribution in [0.1, 0.15) is 40.0 Å². The van der Waals surface area contributed by atoms with Crippen LogP contribution in [0.3, 0.4) is 0 Å². The first-order chi connectivity index (χ1) is 7.60. The molecule has 0 bridgehead atoms. The molecule has 4 heteroatoms. The van der Waals surface area contributed by atoms with E-state index >= 15 is 0 Å². The van der Waals surface area contributed by atoms with Crippen molar-refractivity contribution in [1.82, 2.24) is 5.32 Å². The van der Waals surface area contributed by atoms with Crippen molar-refractivity contribution in [3.05, 3.63) is 0 Å². The molecule has 0 saturated heterocycles. The van der Waals surface area contributed by atoms with E-state index in [0.717, 1.165) is 12.8 Å². The summed E-state index contributed by atoms with van der Waals surface area (Å²) in [5, 5.41) is 12.9. The number of carbonyl (C=O) groups is 1. The lowest BCUT2D eigenvalue weighted by atomic mass is 9.96. The second-order valence-corrected chi connectivity index (χ2v) is 4.04. The summed E-state index contributed by atoms with van der Waals surface area (Å²) in [4.78, 5) is 11.3. The van der Waals surface area contributed by atoms with E-state index in [-0.39, 0.29) is 12.0 Å². The minimum Gasteiger partial charge on any atom is -0.468 e. The number of methoxy groups -OCH3 is 1. The molecule has 0 aliphatic carbocycles. The summed E-state index contributed by atoms with van der Waals surface area (Å²) in [6.45, 7) is 6.49. The molecule has 2 unspecified atom stereocenters. The van der Waals surface area contributed by atoms with Gasteiger partial charge >= 0.3 is 5.97 Å². The van der Waals surface area contributed by atoms with Crippen LogP contribution < -0.4 is 5.32 Å². The Balaban J connectivity index is 4.05. The van der Waals surface area contributed by atoms with E-state index in [0.29, 0.717) is 18.9 Å². The molecule has 2 N–H and O–H groups in total. The summed E-state index contributed by atoms with van der Waals surface area (Å²) in [5.41, 5.74) is 0. The van der Waals surface area contributed by atoms with E-state index < -0.39 is 6.10 Å². The lowest BCUT2D eigenvalue weighted by Crippen LogP contribution is -2.43. The lowest BCUT2D eigenvalue weighted by molar-refractivity contribution is -0.143. The zero-order valence-corrected chi connectivity index (χ0v) is 10.8. The van der Waals surface area contributed by atoms with Crippen LogP contribution in [0.25, 0.3) is 0 Å². The standard InChI is InChI=1S/C12H25NO3/c1-5-9(6-2)11(14)8-13-10(7-3)12(15)16-4/h9-11,13-14H,5-8H2,1-4H3. The molecule has 0 rings (SSSR count). The zero-order valence-electron chi connectivity index (χ0n) is 10.8. The van der Waals surface area contributed by atoms with E-state index in [1.54, 1.807) is 0 Å². The third kappa shape index (κ3) is 4.94. The van der Waals surface area contributed by atoms with Gasteiger partial charge in [-0.25, -0.2) is 0 Å². The smallest absolute Gasteiger partial charge is 0.322 e. The molecule has 0 aromatic carbocycles. The third-order valence-corrected chi connectivity index (χ3v) is 3.06. The van der Waals surface area contributed by atoms with Gasteiger partial charge in [0, 0.05) is 6.54 Å². The van der Waals surface area contributed by atoms with Gasteiger partial charge in [-0.3, -0.25) is 4.79 Å². The van der Waals surface area contributed by atoms with Crippen LogP contribution in [0.4, 0.5) is 0 Å². The molecule has 0 spiro atoms. The van der Waals surface area contributed by atoms with E-state index in [1.165, 1.54) is 7.11 Å². The van der Waals surface area contributed by atoms with Crippen LogP contribution in [0.2, 0.25) is 0 Å². The highest BCUT2D eigenvalue weighted by molar-refractivity contribution is 5.75. The maximum Gasteiger partial charge on any atom is 0.322 e. The van der Waals surface area contributed by atoms with Gasteiger partial charge in [-0.05, 0) is 12.3 Å². The lowest BCUT2D eigenvalue weighted by Gasteiger charge is -2.22. The van der Waals surface area contributed by atoms with Crippen LogP contribution in [0.15, 0.2) is 0 Å². The van der Waals surface area contributed by atoms with Crippen molar-refractivity contribution in [2.24, 2.45) is 5.92 Å². The Bertz CT molecular complexity index is 193. The maximum atomic E-state index is 11.3. The number of hydrogen-bond donors (Lipinski definition) is 2. The Hall–Kier alpha value is -0.610. The first-order valence-electron chi connectivity index (χ1n) is 6.09. The molecule has 0 radical (unpaired) electrons. The normalized spacial score (nSPS) is 14.9. The molecule has 4 nitrogen and oxygen atoms in total. The van der Waals surface area contributed by atoms with E-state index in [9.17, 15) is 9.90 Å². The average molecular weight is 231 g/mol. The van der Waals surface area contributed by atoms with E-state index in [1.807, 2.05) is 6.92 Å². The molecular weight excluding hydrogens is 206 g/mol. The van der Waals surface area contributed by atoms with Crippen LogP contribution >= 0.6 is 0 Å².